The van der Waals surface area contributed by atoms with Gasteiger partial charge in [0.15, 0.2) is 0 Å². The van der Waals surface area contributed by atoms with Crippen LogP contribution in [0.5, 0.6) is 0 Å². The lowest BCUT2D eigenvalue weighted by Gasteiger charge is -2.33. The average Bonchev–Trinajstić information content (AvgIpc) is 3.30. The molecule has 1 aromatic heterocycles. The number of halogens is 4. The summed E-state index contributed by atoms with van der Waals surface area (Å²) in [6, 6.07) is 8.42. The fourth-order valence-electron chi connectivity index (χ4n) is 2.64. The van der Waals surface area contributed by atoms with Gasteiger partial charge in [-0.25, -0.2) is 4.98 Å². The molecular weight excluding hydrogens is 329 g/mol. The van der Waals surface area contributed by atoms with E-state index in [0.29, 0.717) is 23.6 Å². The molecule has 3 rings (SSSR count). The Balaban J connectivity index is 1.94. The van der Waals surface area contributed by atoms with Crippen LogP contribution in [0, 0.1) is 5.92 Å². The molecule has 0 unspecified atom stereocenters. The summed E-state index contributed by atoms with van der Waals surface area (Å²) < 4.78 is 40.0. The first-order valence-electron chi connectivity index (χ1n) is 7.17. The predicted octanol–water partition coefficient (Wildman–Crippen LogP) is 4.35. The Morgan fingerprint density at radius 1 is 1.30 bits per heavy atom. The number of nitrogens with one attached hydrogen (secondary N) is 1. The van der Waals surface area contributed by atoms with Crippen molar-refractivity contribution in [3.8, 4) is 0 Å². The molecule has 2 aromatic rings. The van der Waals surface area contributed by atoms with Gasteiger partial charge in [-0.15, -0.1) is 0 Å². The number of nitrogens with zero attached hydrogens (tertiary/aromatic N) is 1. The molecule has 0 aliphatic heterocycles. The molecule has 23 heavy (non-hydrogen) atoms. The van der Waals surface area contributed by atoms with Crippen LogP contribution in [-0.2, 0) is 0 Å². The standard InChI is InChI=1S/C16H14ClF3N2O/c1-15(10-6-7-10,16(18,19)20)22-14(23)12-8-9-4-2-3-5-11(9)13(17)21-12/h2-5,8,10H,6-7H2,1H3,(H,22,23)/t15-/m0/s1. The van der Waals surface area contributed by atoms with Gasteiger partial charge in [0, 0.05) is 5.39 Å². The molecule has 0 saturated heterocycles. The van der Waals surface area contributed by atoms with Gasteiger partial charge in [0.2, 0.25) is 0 Å². The van der Waals surface area contributed by atoms with E-state index in [-0.39, 0.29) is 10.8 Å². The second-order valence-electron chi connectivity index (χ2n) is 5.95. The molecule has 1 aliphatic carbocycles. The van der Waals surface area contributed by atoms with Gasteiger partial charge in [0.25, 0.3) is 5.91 Å². The maximum absolute atomic E-state index is 13.3. The van der Waals surface area contributed by atoms with Crippen LogP contribution >= 0.6 is 11.6 Å². The fourth-order valence-corrected chi connectivity index (χ4v) is 2.90. The van der Waals surface area contributed by atoms with Gasteiger partial charge in [0.1, 0.15) is 16.4 Å². The molecular formula is C16H14ClF3N2O. The number of carbonyl (C=O) groups is 1. The van der Waals surface area contributed by atoms with Gasteiger partial charge in [-0.1, -0.05) is 35.9 Å². The Hall–Kier alpha value is -1.82. The minimum absolute atomic E-state index is 0.0911. The van der Waals surface area contributed by atoms with Gasteiger partial charge >= 0.3 is 6.18 Å². The van der Waals surface area contributed by atoms with Gasteiger partial charge in [-0.3, -0.25) is 4.79 Å². The SMILES string of the molecule is C[C@](NC(=O)c1cc2ccccc2c(Cl)n1)(C1CC1)C(F)(F)F. The molecule has 1 atom stereocenters. The van der Waals surface area contributed by atoms with E-state index in [1.54, 1.807) is 24.3 Å². The molecule has 1 heterocycles. The van der Waals surface area contributed by atoms with Crippen molar-refractivity contribution in [2.45, 2.75) is 31.5 Å². The highest BCUT2D eigenvalue weighted by atomic mass is 35.5. The lowest BCUT2D eigenvalue weighted by Crippen LogP contribution is -2.58. The molecule has 0 radical (unpaired) electrons. The smallest absolute Gasteiger partial charge is 0.336 e. The van der Waals surface area contributed by atoms with E-state index in [2.05, 4.69) is 10.3 Å². The van der Waals surface area contributed by atoms with Gasteiger partial charge in [-0.05, 0) is 37.1 Å². The fraction of sp³-hybridized carbons (Fsp3) is 0.375. The molecule has 1 N–H and O–H groups in total. The molecule has 3 nitrogen and oxygen atoms in total. The van der Waals surface area contributed by atoms with Crippen LogP contribution in [-0.4, -0.2) is 22.6 Å². The van der Waals surface area contributed by atoms with Crippen LogP contribution in [0.2, 0.25) is 5.15 Å². The molecule has 122 valence electrons. The van der Waals surface area contributed by atoms with Crippen LogP contribution in [0.25, 0.3) is 10.8 Å². The second-order valence-corrected chi connectivity index (χ2v) is 6.31. The lowest BCUT2D eigenvalue weighted by molar-refractivity contribution is -0.194. The number of aromatic nitrogens is 1. The van der Waals surface area contributed by atoms with Crippen molar-refractivity contribution in [3.63, 3.8) is 0 Å². The Kier molecular flexibility index (Phi) is 3.75. The molecule has 7 heteroatoms. The molecule has 0 spiro atoms. The van der Waals surface area contributed by atoms with Crippen LogP contribution in [0.15, 0.2) is 30.3 Å². The van der Waals surface area contributed by atoms with Crippen molar-refractivity contribution in [1.29, 1.82) is 0 Å². The highest BCUT2D eigenvalue weighted by molar-refractivity contribution is 6.34. The molecule has 1 aromatic carbocycles. The van der Waals surface area contributed by atoms with Crippen molar-refractivity contribution in [2.75, 3.05) is 0 Å². The van der Waals surface area contributed by atoms with E-state index in [0.717, 1.165) is 6.92 Å². The molecule has 1 amide bonds. The number of hydrogen-bond donors (Lipinski definition) is 1. The number of rotatable bonds is 3. The number of alkyl halides is 3. The summed E-state index contributed by atoms with van der Waals surface area (Å²) in [6.07, 6.45) is -3.63. The molecule has 1 fully saturated rings. The van der Waals surface area contributed by atoms with Crippen LogP contribution < -0.4 is 5.32 Å². The first-order chi connectivity index (χ1) is 10.7. The lowest BCUT2D eigenvalue weighted by atomic mass is 9.94. The summed E-state index contributed by atoms with van der Waals surface area (Å²) in [7, 11) is 0. The largest absolute Gasteiger partial charge is 0.411 e. The van der Waals surface area contributed by atoms with E-state index in [1.165, 1.54) is 6.07 Å². The van der Waals surface area contributed by atoms with E-state index < -0.39 is 23.5 Å². The Morgan fingerprint density at radius 2 is 1.96 bits per heavy atom. The van der Waals surface area contributed by atoms with E-state index >= 15 is 0 Å². The third-order valence-corrected chi connectivity index (χ3v) is 4.57. The number of benzene rings is 1. The Labute approximate surface area is 135 Å². The van der Waals surface area contributed by atoms with Crippen LogP contribution in [0.1, 0.15) is 30.3 Å². The first kappa shape index (κ1) is 16.1. The topological polar surface area (TPSA) is 42.0 Å². The van der Waals surface area contributed by atoms with Gasteiger partial charge in [0.05, 0.1) is 0 Å². The van der Waals surface area contributed by atoms with E-state index in [9.17, 15) is 18.0 Å². The highest BCUT2D eigenvalue weighted by Gasteiger charge is 2.60. The number of hydrogen-bond acceptors (Lipinski definition) is 2. The quantitative estimate of drug-likeness (QED) is 0.843. The van der Waals surface area contributed by atoms with E-state index in [4.69, 9.17) is 11.6 Å². The molecule has 0 bridgehead atoms. The monoisotopic (exact) mass is 342 g/mol. The summed E-state index contributed by atoms with van der Waals surface area (Å²) in [6.45, 7) is 1.02. The summed E-state index contributed by atoms with van der Waals surface area (Å²) in [5, 5.41) is 3.51. The maximum atomic E-state index is 13.3. The third-order valence-electron chi connectivity index (χ3n) is 4.28. The van der Waals surface area contributed by atoms with Crippen LogP contribution in [0.3, 0.4) is 0 Å². The van der Waals surface area contributed by atoms with Gasteiger partial charge in [-0.2, -0.15) is 13.2 Å². The maximum Gasteiger partial charge on any atom is 0.411 e. The zero-order valence-electron chi connectivity index (χ0n) is 12.2. The summed E-state index contributed by atoms with van der Waals surface area (Å²) >= 11 is 6.03. The third kappa shape index (κ3) is 2.87. The Bertz CT molecular complexity index is 773. The molecule has 1 saturated carbocycles. The summed E-state index contributed by atoms with van der Waals surface area (Å²) in [4.78, 5) is 16.2. The predicted molar refractivity (Wildman–Crippen MR) is 81.4 cm³/mol. The minimum Gasteiger partial charge on any atom is -0.336 e. The highest BCUT2D eigenvalue weighted by Crippen LogP contribution is 2.48. The number of fused-ring (bicyclic) bond motifs is 1. The average molecular weight is 343 g/mol. The molecule has 1 aliphatic rings. The normalized spacial score (nSPS) is 17.8. The zero-order valence-corrected chi connectivity index (χ0v) is 13.0. The minimum atomic E-state index is -4.52. The van der Waals surface area contributed by atoms with Gasteiger partial charge < -0.3 is 5.32 Å². The second kappa shape index (κ2) is 5.37. The number of pyridine rings is 1. The Morgan fingerprint density at radius 3 is 2.57 bits per heavy atom. The summed E-state index contributed by atoms with van der Waals surface area (Å²) in [5.74, 6) is -1.47. The van der Waals surface area contributed by atoms with Crippen molar-refractivity contribution in [1.82, 2.24) is 10.3 Å². The first-order valence-corrected chi connectivity index (χ1v) is 7.55. The van der Waals surface area contributed by atoms with Crippen molar-refractivity contribution in [2.24, 2.45) is 5.92 Å². The van der Waals surface area contributed by atoms with Crippen molar-refractivity contribution >= 4 is 28.3 Å². The van der Waals surface area contributed by atoms with Crippen LogP contribution in [0.4, 0.5) is 13.2 Å². The number of amides is 1. The van der Waals surface area contributed by atoms with Crippen molar-refractivity contribution in [3.05, 3.63) is 41.2 Å². The summed E-state index contributed by atoms with van der Waals surface area (Å²) in [5.41, 5.74) is -2.37. The number of carbonyl (C=O) groups excluding carboxylic acids is 1. The van der Waals surface area contributed by atoms with E-state index in [1.807, 2.05) is 0 Å². The van der Waals surface area contributed by atoms with Crippen molar-refractivity contribution < 1.29 is 18.0 Å². The zero-order chi connectivity index (χ0) is 16.8.